The zero-order chi connectivity index (χ0) is 21.4. The molecule has 8 heteroatoms. The minimum atomic E-state index is -0.357. The number of thiophene rings is 1. The highest BCUT2D eigenvalue weighted by Crippen LogP contribution is 2.41. The van der Waals surface area contributed by atoms with Gasteiger partial charge in [-0.3, -0.25) is 0 Å². The van der Waals surface area contributed by atoms with Gasteiger partial charge in [-0.15, -0.1) is 11.3 Å². The Labute approximate surface area is 183 Å². The Kier molecular flexibility index (Phi) is 5.32. The summed E-state index contributed by atoms with van der Waals surface area (Å²) in [5.74, 6) is 0.436. The lowest BCUT2D eigenvalue weighted by atomic mass is 10.0. The number of anilines is 3. The number of urea groups is 1. The summed E-state index contributed by atoms with van der Waals surface area (Å²) in [5.41, 5.74) is 11.4. The van der Waals surface area contributed by atoms with E-state index in [1.165, 1.54) is 6.33 Å². The van der Waals surface area contributed by atoms with Gasteiger partial charge >= 0.3 is 6.03 Å². The molecular weight excluding hydrogens is 418 g/mol. The van der Waals surface area contributed by atoms with E-state index < -0.39 is 0 Å². The summed E-state index contributed by atoms with van der Waals surface area (Å²) in [7, 11) is 0. The number of amides is 2. The van der Waals surface area contributed by atoms with Crippen LogP contribution in [0.2, 0.25) is 5.02 Å². The number of rotatable bonds is 3. The molecule has 4 rings (SSSR count). The summed E-state index contributed by atoms with van der Waals surface area (Å²) in [5, 5.41) is 6.90. The quantitative estimate of drug-likeness (QED) is 0.357. The van der Waals surface area contributed by atoms with E-state index in [-0.39, 0.29) is 6.03 Å². The van der Waals surface area contributed by atoms with Gasteiger partial charge in [0, 0.05) is 16.1 Å². The number of carbonyl (C=O) groups is 1. The Hall–Kier alpha value is -3.16. The number of nitrogens with zero attached hydrogens (tertiary/aromatic N) is 2. The predicted molar refractivity (Wildman–Crippen MR) is 126 cm³/mol. The molecule has 0 bridgehead atoms. The highest BCUT2D eigenvalue weighted by molar-refractivity contribution is 7.19. The van der Waals surface area contributed by atoms with Gasteiger partial charge in [0.1, 0.15) is 17.0 Å². The van der Waals surface area contributed by atoms with Gasteiger partial charge in [-0.05, 0) is 61.7 Å². The van der Waals surface area contributed by atoms with Crippen LogP contribution in [0.15, 0.2) is 42.7 Å². The minimum Gasteiger partial charge on any atom is -0.383 e. The number of nitrogens with one attached hydrogen (secondary N) is 2. The Morgan fingerprint density at radius 1 is 1.03 bits per heavy atom. The van der Waals surface area contributed by atoms with E-state index in [2.05, 4.69) is 20.6 Å². The van der Waals surface area contributed by atoms with Crippen molar-refractivity contribution in [3.8, 4) is 11.1 Å². The lowest BCUT2D eigenvalue weighted by molar-refractivity contribution is 0.262. The summed E-state index contributed by atoms with van der Waals surface area (Å²) in [6.07, 6.45) is 1.46. The van der Waals surface area contributed by atoms with Gasteiger partial charge < -0.3 is 16.4 Å². The maximum absolute atomic E-state index is 12.4. The largest absolute Gasteiger partial charge is 0.383 e. The highest BCUT2D eigenvalue weighted by atomic mass is 35.5. The average molecular weight is 438 g/mol. The molecule has 0 saturated heterocycles. The molecule has 0 fully saturated rings. The second kappa shape index (κ2) is 7.93. The van der Waals surface area contributed by atoms with Crippen LogP contribution in [0.3, 0.4) is 0 Å². The van der Waals surface area contributed by atoms with Crippen LogP contribution in [0.25, 0.3) is 21.3 Å². The molecule has 4 N–H and O–H groups in total. The van der Waals surface area contributed by atoms with Crippen molar-refractivity contribution in [1.29, 1.82) is 0 Å². The molecule has 2 amide bonds. The summed E-state index contributed by atoms with van der Waals surface area (Å²) >= 11 is 8.04. The molecule has 0 unspecified atom stereocenters. The molecule has 0 spiro atoms. The molecule has 2 aromatic carbocycles. The topological polar surface area (TPSA) is 92.9 Å². The molecule has 0 atom stereocenters. The number of carbonyl (C=O) groups excluding carboxylic acids is 1. The fraction of sp³-hybridized carbons (Fsp3) is 0.136. The highest BCUT2D eigenvalue weighted by Gasteiger charge is 2.17. The molecule has 0 aliphatic carbocycles. The van der Waals surface area contributed by atoms with Crippen molar-refractivity contribution in [1.82, 2.24) is 9.97 Å². The lowest BCUT2D eigenvalue weighted by Crippen LogP contribution is -2.19. The number of aromatic nitrogens is 2. The third kappa shape index (κ3) is 3.94. The summed E-state index contributed by atoms with van der Waals surface area (Å²) in [6.45, 7) is 5.98. The number of aryl methyl sites for hydroxylation is 3. The standard InChI is InChI=1S/C22H20ClN5OS/c1-11-6-12(2)8-15(7-11)27-22(29)28-17-5-4-14(9-16(17)23)18-13(3)30-21-19(18)20(24)25-10-26-21/h4-10H,1-3H3,(H2,24,25,26)(H2,27,28,29). The monoisotopic (exact) mass is 437 g/mol. The predicted octanol–water partition coefficient (Wildman–Crippen LogP) is 6.16. The number of benzene rings is 2. The van der Waals surface area contributed by atoms with E-state index in [9.17, 15) is 4.79 Å². The Morgan fingerprint density at radius 3 is 2.47 bits per heavy atom. The fourth-order valence-electron chi connectivity index (χ4n) is 3.52. The Bertz CT molecular complexity index is 1260. The van der Waals surface area contributed by atoms with Crippen molar-refractivity contribution in [2.45, 2.75) is 20.8 Å². The van der Waals surface area contributed by atoms with Crippen molar-refractivity contribution in [3.05, 3.63) is 63.8 Å². The molecular formula is C22H20ClN5OS. The van der Waals surface area contributed by atoms with Gasteiger partial charge in [0.15, 0.2) is 0 Å². The van der Waals surface area contributed by atoms with Gasteiger partial charge in [0.05, 0.1) is 16.1 Å². The SMILES string of the molecule is Cc1cc(C)cc(NC(=O)Nc2ccc(-c3c(C)sc4ncnc(N)c34)cc2Cl)c1. The van der Waals surface area contributed by atoms with Gasteiger partial charge in [0.2, 0.25) is 0 Å². The molecule has 30 heavy (non-hydrogen) atoms. The van der Waals surface area contributed by atoms with Gasteiger partial charge in [-0.2, -0.15) is 0 Å². The third-order valence-electron chi connectivity index (χ3n) is 4.68. The second-order valence-corrected chi connectivity index (χ2v) is 8.73. The third-order valence-corrected chi connectivity index (χ3v) is 6.01. The van der Waals surface area contributed by atoms with Crippen LogP contribution in [-0.4, -0.2) is 16.0 Å². The van der Waals surface area contributed by atoms with Crippen molar-refractivity contribution in [2.75, 3.05) is 16.4 Å². The molecule has 0 saturated carbocycles. The van der Waals surface area contributed by atoms with E-state index in [0.717, 1.165) is 43.0 Å². The summed E-state index contributed by atoms with van der Waals surface area (Å²) in [4.78, 5) is 22.8. The maximum Gasteiger partial charge on any atom is 0.323 e. The van der Waals surface area contributed by atoms with Crippen molar-refractivity contribution >= 4 is 56.4 Å². The summed E-state index contributed by atoms with van der Waals surface area (Å²) in [6, 6.07) is 11.0. The maximum atomic E-state index is 12.4. The van der Waals surface area contributed by atoms with Gasteiger partial charge in [-0.25, -0.2) is 14.8 Å². The Morgan fingerprint density at radius 2 is 1.77 bits per heavy atom. The molecule has 4 aromatic rings. The Balaban J connectivity index is 1.60. The van der Waals surface area contributed by atoms with E-state index in [1.54, 1.807) is 17.4 Å². The van der Waals surface area contributed by atoms with Crippen LogP contribution in [0.4, 0.5) is 22.0 Å². The van der Waals surface area contributed by atoms with Crippen LogP contribution in [0, 0.1) is 20.8 Å². The van der Waals surface area contributed by atoms with Gasteiger partial charge in [-0.1, -0.05) is 23.7 Å². The van der Waals surface area contributed by atoms with E-state index in [0.29, 0.717) is 16.5 Å². The lowest BCUT2D eigenvalue weighted by Gasteiger charge is -2.12. The average Bonchev–Trinajstić information content (AvgIpc) is 2.99. The normalized spacial score (nSPS) is 10.9. The second-order valence-electron chi connectivity index (χ2n) is 7.12. The number of nitrogens with two attached hydrogens (primary N) is 1. The van der Waals surface area contributed by atoms with E-state index in [4.69, 9.17) is 17.3 Å². The van der Waals surface area contributed by atoms with Crippen LogP contribution >= 0.6 is 22.9 Å². The number of nitrogen functional groups attached to an aromatic ring is 1. The summed E-state index contributed by atoms with van der Waals surface area (Å²) < 4.78 is 0. The van der Waals surface area contributed by atoms with Crippen molar-refractivity contribution < 1.29 is 4.79 Å². The van der Waals surface area contributed by atoms with Crippen LogP contribution in [-0.2, 0) is 0 Å². The first-order chi connectivity index (χ1) is 14.3. The molecule has 6 nitrogen and oxygen atoms in total. The van der Waals surface area contributed by atoms with Crippen LogP contribution in [0.5, 0.6) is 0 Å². The van der Waals surface area contributed by atoms with Crippen molar-refractivity contribution in [3.63, 3.8) is 0 Å². The first kappa shape index (κ1) is 20.1. The van der Waals surface area contributed by atoms with Crippen molar-refractivity contribution in [2.24, 2.45) is 0 Å². The first-order valence-electron chi connectivity index (χ1n) is 9.27. The number of hydrogen-bond acceptors (Lipinski definition) is 5. The van der Waals surface area contributed by atoms with Gasteiger partial charge in [0.25, 0.3) is 0 Å². The molecule has 2 aromatic heterocycles. The number of fused-ring (bicyclic) bond motifs is 1. The zero-order valence-electron chi connectivity index (χ0n) is 16.7. The van der Waals surface area contributed by atoms with E-state index >= 15 is 0 Å². The molecule has 152 valence electrons. The number of hydrogen-bond donors (Lipinski definition) is 3. The number of halogens is 1. The molecule has 2 heterocycles. The van der Waals surface area contributed by atoms with E-state index in [1.807, 2.05) is 51.1 Å². The minimum absolute atomic E-state index is 0.357. The molecule has 0 aliphatic rings. The van der Waals surface area contributed by atoms with Crippen LogP contribution in [0.1, 0.15) is 16.0 Å². The first-order valence-corrected chi connectivity index (χ1v) is 10.5. The fourth-order valence-corrected chi connectivity index (χ4v) is 4.77. The molecule has 0 radical (unpaired) electrons. The smallest absolute Gasteiger partial charge is 0.323 e. The van der Waals surface area contributed by atoms with Crippen LogP contribution < -0.4 is 16.4 Å². The zero-order valence-corrected chi connectivity index (χ0v) is 18.3. The molecule has 0 aliphatic heterocycles.